The van der Waals surface area contributed by atoms with Gasteiger partial charge in [-0.15, -0.1) is 0 Å². The Morgan fingerprint density at radius 1 is 1.36 bits per heavy atom. The van der Waals surface area contributed by atoms with E-state index in [1.807, 2.05) is 13.8 Å². The molecule has 0 bridgehead atoms. The molecule has 0 unspecified atom stereocenters. The molecule has 0 aliphatic heterocycles. The van der Waals surface area contributed by atoms with Gasteiger partial charge in [0, 0.05) is 11.7 Å². The Morgan fingerprint density at radius 2 is 1.93 bits per heavy atom. The van der Waals surface area contributed by atoms with E-state index in [1.54, 1.807) is 24.3 Å². The molecule has 0 aliphatic carbocycles. The number of benzene rings is 1. The molecule has 0 spiro atoms. The number of rotatable bonds is 2. The molecule has 1 amide bonds. The van der Waals surface area contributed by atoms with Gasteiger partial charge in [0.15, 0.2) is 0 Å². The molecule has 0 saturated carbocycles. The van der Waals surface area contributed by atoms with Gasteiger partial charge in [0.05, 0.1) is 5.56 Å². The first kappa shape index (κ1) is 10.5. The lowest BCUT2D eigenvalue weighted by molar-refractivity contribution is 0.0707. The van der Waals surface area contributed by atoms with Crippen LogP contribution in [0, 0.1) is 0 Å². The van der Waals surface area contributed by atoms with E-state index in [2.05, 4.69) is 0 Å². The normalized spacial score (nSPS) is 10.3. The Labute approximate surface area is 83.5 Å². The highest BCUT2D eigenvalue weighted by atomic mass is 16.2. The number of carbonyl (C=O) groups excluding carboxylic acids is 1. The Kier molecular flexibility index (Phi) is 3.09. The van der Waals surface area contributed by atoms with Gasteiger partial charge in [0.1, 0.15) is 0 Å². The van der Waals surface area contributed by atoms with Gasteiger partial charge in [-0.2, -0.15) is 0 Å². The molecule has 14 heavy (non-hydrogen) atoms. The zero-order chi connectivity index (χ0) is 10.7. The molecule has 0 aliphatic rings. The summed E-state index contributed by atoms with van der Waals surface area (Å²) in [6, 6.07) is 6.85. The summed E-state index contributed by atoms with van der Waals surface area (Å²) >= 11 is 0. The fourth-order valence-electron chi connectivity index (χ4n) is 1.07. The van der Waals surface area contributed by atoms with Crippen molar-refractivity contribution < 1.29 is 4.79 Å². The van der Waals surface area contributed by atoms with Crippen molar-refractivity contribution >= 4 is 11.6 Å². The van der Waals surface area contributed by atoms with Crippen LogP contribution in [0.1, 0.15) is 24.2 Å². The number of nitrogens with two attached hydrogens (primary N) is 2. The Morgan fingerprint density at radius 3 is 2.43 bits per heavy atom. The van der Waals surface area contributed by atoms with Gasteiger partial charge in [0.2, 0.25) is 0 Å². The summed E-state index contributed by atoms with van der Waals surface area (Å²) < 4.78 is 0. The molecule has 4 N–H and O–H groups in total. The number of hydrogen-bond donors (Lipinski definition) is 2. The SMILES string of the molecule is CC(C)N(N)C(=O)c1ccccc1N. The van der Waals surface area contributed by atoms with E-state index in [9.17, 15) is 4.79 Å². The fourth-order valence-corrected chi connectivity index (χ4v) is 1.07. The van der Waals surface area contributed by atoms with Crippen molar-refractivity contribution in [1.29, 1.82) is 0 Å². The van der Waals surface area contributed by atoms with Crippen LogP contribution in [0.3, 0.4) is 0 Å². The van der Waals surface area contributed by atoms with E-state index in [0.717, 1.165) is 0 Å². The van der Waals surface area contributed by atoms with Gasteiger partial charge in [-0.05, 0) is 26.0 Å². The quantitative estimate of drug-likeness (QED) is 0.318. The number of nitrogens with zero attached hydrogens (tertiary/aromatic N) is 1. The van der Waals surface area contributed by atoms with Crippen LogP contribution < -0.4 is 11.6 Å². The summed E-state index contributed by atoms with van der Waals surface area (Å²) in [5, 5.41) is 1.17. The van der Waals surface area contributed by atoms with Crippen LogP contribution in [0.5, 0.6) is 0 Å². The summed E-state index contributed by atoms with van der Waals surface area (Å²) in [7, 11) is 0. The summed E-state index contributed by atoms with van der Waals surface area (Å²) in [4.78, 5) is 11.7. The molecule has 4 heteroatoms. The second kappa shape index (κ2) is 4.11. The number of hydrazine groups is 1. The summed E-state index contributed by atoms with van der Waals surface area (Å²) in [6.07, 6.45) is 0. The lowest BCUT2D eigenvalue weighted by atomic mass is 10.1. The predicted molar refractivity (Wildman–Crippen MR) is 56.3 cm³/mol. The highest BCUT2D eigenvalue weighted by molar-refractivity contribution is 5.98. The smallest absolute Gasteiger partial charge is 0.270 e. The van der Waals surface area contributed by atoms with Gasteiger partial charge in [-0.1, -0.05) is 12.1 Å². The minimum atomic E-state index is -0.252. The number of carbonyl (C=O) groups is 1. The highest BCUT2D eigenvalue weighted by Gasteiger charge is 2.16. The van der Waals surface area contributed by atoms with Crippen LogP contribution in [0.15, 0.2) is 24.3 Å². The topological polar surface area (TPSA) is 72.3 Å². The molecule has 0 radical (unpaired) electrons. The van der Waals surface area contributed by atoms with Gasteiger partial charge in [0.25, 0.3) is 5.91 Å². The van der Waals surface area contributed by atoms with Gasteiger partial charge in [-0.3, -0.25) is 9.80 Å². The minimum Gasteiger partial charge on any atom is -0.398 e. The molecule has 0 aromatic heterocycles. The van der Waals surface area contributed by atoms with E-state index in [0.29, 0.717) is 11.3 Å². The van der Waals surface area contributed by atoms with Crippen LogP contribution in [-0.4, -0.2) is 17.0 Å². The molecule has 1 aromatic rings. The Balaban J connectivity index is 2.95. The predicted octanol–water partition coefficient (Wildman–Crippen LogP) is 0.993. The van der Waals surface area contributed by atoms with Crippen molar-refractivity contribution in [2.75, 3.05) is 5.73 Å². The van der Waals surface area contributed by atoms with Crippen molar-refractivity contribution in [3.05, 3.63) is 29.8 Å². The third kappa shape index (κ3) is 2.03. The van der Waals surface area contributed by atoms with Gasteiger partial charge >= 0.3 is 0 Å². The van der Waals surface area contributed by atoms with E-state index in [1.165, 1.54) is 5.01 Å². The molecule has 4 nitrogen and oxygen atoms in total. The van der Waals surface area contributed by atoms with Crippen LogP contribution in [0.4, 0.5) is 5.69 Å². The maximum absolute atomic E-state index is 11.7. The molecule has 0 atom stereocenters. The molecular weight excluding hydrogens is 178 g/mol. The van der Waals surface area contributed by atoms with E-state index in [4.69, 9.17) is 11.6 Å². The first-order valence-corrected chi connectivity index (χ1v) is 4.46. The van der Waals surface area contributed by atoms with Crippen molar-refractivity contribution in [3.63, 3.8) is 0 Å². The lowest BCUT2D eigenvalue weighted by Gasteiger charge is -2.21. The second-order valence-corrected chi connectivity index (χ2v) is 3.39. The molecule has 76 valence electrons. The fraction of sp³-hybridized carbons (Fsp3) is 0.300. The van der Waals surface area contributed by atoms with Crippen LogP contribution in [0.2, 0.25) is 0 Å². The Bertz CT molecular complexity index is 336. The van der Waals surface area contributed by atoms with Crippen molar-refractivity contribution in [1.82, 2.24) is 5.01 Å². The number of para-hydroxylation sites is 1. The first-order valence-electron chi connectivity index (χ1n) is 4.46. The largest absolute Gasteiger partial charge is 0.398 e. The average Bonchev–Trinajstić information content (AvgIpc) is 2.16. The first-order chi connectivity index (χ1) is 6.54. The Hall–Kier alpha value is -1.55. The third-order valence-electron chi connectivity index (χ3n) is 1.98. The molecule has 1 rings (SSSR count). The summed E-state index contributed by atoms with van der Waals surface area (Å²) in [5.74, 6) is 5.34. The third-order valence-corrected chi connectivity index (χ3v) is 1.98. The maximum Gasteiger partial charge on any atom is 0.270 e. The molecule has 0 fully saturated rings. The standard InChI is InChI=1S/C10H15N3O/c1-7(2)13(12)10(14)8-5-3-4-6-9(8)11/h3-7H,11-12H2,1-2H3. The van der Waals surface area contributed by atoms with E-state index < -0.39 is 0 Å². The number of hydrogen-bond acceptors (Lipinski definition) is 3. The molecule has 1 aromatic carbocycles. The zero-order valence-corrected chi connectivity index (χ0v) is 8.40. The van der Waals surface area contributed by atoms with Crippen molar-refractivity contribution in [3.8, 4) is 0 Å². The number of amides is 1. The van der Waals surface area contributed by atoms with Crippen LogP contribution >= 0.6 is 0 Å². The number of nitrogen functional groups attached to an aromatic ring is 1. The van der Waals surface area contributed by atoms with Gasteiger partial charge in [-0.25, -0.2) is 5.84 Å². The maximum atomic E-state index is 11.7. The van der Waals surface area contributed by atoms with Crippen LogP contribution in [-0.2, 0) is 0 Å². The number of anilines is 1. The second-order valence-electron chi connectivity index (χ2n) is 3.39. The van der Waals surface area contributed by atoms with Gasteiger partial charge < -0.3 is 5.73 Å². The lowest BCUT2D eigenvalue weighted by Crippen LogP contribution is -2.42. The zero-order valence-electron chi connectivity index (χ0n) is 8.40. The highest BCUT2D eigenvalue weighted by Crippen LogP contribution is 2.12. The van der Waals surface area contributed by atoms with Crippen molar-refractivity contribution in [2.24, 2.45) is 5.84 Å². The molecular formula is C10H15N3O. The van der Waals surface area contributed by atoms with Crippen LogP contribution in [0.25, 0.3) is 0 Å². The molecule has 0 heterocycles. The minimum absolute atomic E-state index is 0.0397. The van der Waals surface area contributed by atoms with E-state index in [-0.39, 0.29) is 11.9 Å². The molecule has 0 saturated heterocycles. The summed E-state index contributed by atoms with van der Waals surface area (Å²) in [5.41, 5.74) is 6.56. The van der Waals surface area contributed by atoms with Crippen molar-refractivity contribution in [2.45, 2.75) is 19.9 Å². The summed E-state index contributed by atoms with van der Waals surface area (Å²) in [6.45, 7) is 3.69. The van der Waals surface area contributed by atoms with E-state index >= 15 is 0 Å². The monoisotopic (exact) mass is 193 g/mol. The average molecular weight is 193 g/mol.